The Labute approximate surface area is 131 Å². The van der Waals surface area contributed by atoms with Gasteiger partial charge in [-0.3, -0.25) is 0 Å². The molecule has 90 valence electrons. The van der Waals surface area contributed by atoms with Gasteiger partial charge in [-0.15, -0.1) is 11.3 Å². The van der Waals surface area contributed by atoms with Crippen LogP contribution in [-0.2, 0) is 6.42 Å². The molecule has 1 atom stereocenters. The van der Waals surface area contributed by atoms with Gasteiger partial charge in [0.15, 0.2) is 0 Å². The number of aliphatic hydroxyl groups excluding tert-OH is 1. The van der Waals surface area contributed by atoms with Crippen LogP contribution in [0.1, 0.15) is 16.5 Å². The molecule has 1 aromatic carbocycles. The van der Waals surface area contributed by atoms with Crippen molar-refractivity contribution in [3.8, 4) is 0 Å². The van der Waals surface area contributed by atoms with Gasteiger partial charge in [-0.05, 0) is 58.5 Å². The molecule has 1 aromatic heterocycles. The third kappa shape index (κ3) is 3.67. The Morgan fingerprint density at radius 3 is 2.76 bits per heavy atom. The van der Waals surface area contributed by atoms with Crippen molar-refractivity contribution < 1.29 is 5.11 Å². The highest BCUT2D eigenvalue weighted by molar-refractivity contribution is 14.1. The largest absolute Gasteiger partial charge is 0.388 e. The van der Waals surface area contributed by atoms with Crippen molar-refractivity contribution in [3.05, 3.63) is 53.2 Å². The maximum atomic E-state index is 10.2. The molecule has 0 spiro atoms. The van der Waals surface area contributed by atoms with Crippen molar-refractivity contribution in [2.45, 2.75) is 12.5 Å². The molecule has 0 saturated carbocycles. The topological polar surface area (TPSA) is 20.2 Å². The normalized spacial score (nSPS) is 12.7. The zero-order chi connectivity index (χ0) is 12.4. The fourth-order valence-electron chi connectivity index (χ4n) is 1.53. The molecule has 0 radical (unpaired) electrons. The molecule has 17 heavy (non-hydrogen) atoms. The maximum Gasteiger partial charge on any atom is 0.0931 e. The van der Waals surface area contributed by atoms with Gasteiger partial charge in [0.05, 0.1) is 10.4 Å². The highest BCUT2D eigenvalue weighted by Crippen LogP contribution is 2.30. The Balaban J connectivity index is 2.19. The summed E-state index contributed by atoms with van der Waals surface area (Å²) in [6.45, 7) is 0. The van der Waals surface area contributed by atoms with Crippen LogP contribution in [0.15, 0.2) is 34.8 Å². The first-order valence-corrected chi connectivity index (χ1v) is 8.00. The summed E-state index contributed by atoms with van der Waals surface area (Å²) in [6.07, 6.45) is 0.0876. The first-order chi connectivity index (χ1) is 8.06. The molecule has 5 heteroatoms. The number of hydrogen-bond acceptors (Lipinski definition) is 2. The summed E-state index contributed by atoms with van der Waals surface area (Å²) >= 11 is 13.1. The van der Waals surface area contributed by atoms with Gasteiger partial charge in [-0.1, -0.05) is 27.5 Å². The SMILES string of the molecule is OC(Cc1ccc(Cl)s1)c1cc(I)ccc1Br. The highest BCUT2D eigenvalue weighted by atomic mass is 127. The molecule has 0 bridgehead atoms. The summed E-state index contributed by atoms with van der Waals surface area (Å²) < 4.78 is 2.81. The number of halogens is 3. The molecular formula is C12H9BrClIOS. The van der Waals surface area contributed by atoms with Gasteiger partial charge >= 0.3 is 0 Å². The van der Waals surface area contributed by atoms with E-state index in [0.29, 0.717) is 6.42 Å². The van der Waals surface area contributed by atoms with E-state index in [1.165, 1.54) is 11.3 Å². The average molecular weight is 444 g/mol. The smallest absolute Gasteiger partial charge is 0.0931 e. The summed E-state index contributed by atoms with van der Waals surface area (Å²) in [6, 6.07) is 9.77. The van der Waals surface area contributed by atoms with Gasteiger partial charge < -0.3 is 5.11 Å². The molecule has 1 N–H and O–H groups in total. The molecule has 0 aliphatic carbocycles. The minimum Gasteiger partial charge on any atom is -0.388 e. The molecule has 0 amide bonds. The van der Waals surface area contributed by atoms with E-state index in [1.807, 2.05) is 30.3 Å². The minimum absolute atomic E-state index is 0.506. The van der Waals surface area contributed by atoms with E-state index < -0.39 is 6.10 Å². The second kappa shape index (κ2) is 6.02. The molecule has 1 nitrogen and oxygen atoms in total. The summed E-state index contributed by atoms with van der Waals surface area (Å²) in [5.41, 5.74) is 0.918. The van der Waals surface area contributed by atoms with Crippen molar-refractivity contribution in [3.63, 3.8) is 0 Å². The molecule has 2 rings (SSSR count). The molecule has 0 saturated heterocycles. The van der Waals surface area contributed by atoms with Gasteiger partial charge in [-0.25, -0.2) is 0 Å². The summed E-state index contributed by atoms with van der Waals surface area (Å²) in [7, 11) is 0. The van der Waals surface area contributed by atoms with Gasteiger partial charge in [0.1, 0.15) is 0 Å². The molecular weight excluding hydrogens is 434 g/mol. The van der Waals surface area contributed by atoms with Crippen molar-refractivity contribution >= 4 is 61.5 Å². The monoisotopic (exact) mass is 442 g/mol. The van der Waals surface area contributed by atoms with E-state index in [0.717, 1.165) is 22.8 Å². The lowest BCUT2D eigenvalue weighted by Crippen LogP contribution is -2.01. The van der Waals surface area contributed by atoms with E-state index in [2.05, 4.69) is 38.5 Å². The second-order valence-electron chi connectivity index (χ2n) is 3.59. The number of rotatable bonds is 3. The van der Waals surface area contributed by atoms with Gasteiger partial charge in [-0.2, -0.15) is 0 Å². The lowest BCUT2D eigenvalue weighted by molar-refractivity contribution is 0.178. The fraction of sp³-hybridized carbons (Fsp3) is 0.167. The Hall–Kier alpha value is 0.380. The molecule has 0 aliphatic rings. The standard InChI is InChI=1S/C12H9BrClIOS/c13-10-3-1-7(15)5-9(10)11(16)6-8-2-4-12(14)17-8/h1-5,11,16H,6H2. The van der Waals surface area contributed by atoms with E-state index in [4.69, 9.17) is 11.6 Å². The lowest BCUT2D eigenvalue weighted by atomic mass is 10.1. The number of thiophene rings is 1. The van der Waals surface area contributed by atoms with Crippen molar-refractivity contribution in [1.29, 1.82) is 0 Å². The van der Waals surface area contributed by atoms with E-state index >= 15 is 0 Å². The third-order valence-electron chi connectivity index (χ3n) is 2.34. The molecule has 1 unspecified atom stereocenters. The van der Waals surface area contributed by atoms with Gasteiger partial charge in [0, 0.05) is 19.3 Å². The average Bonchev–Trinajstić information content (AvgIpc) is 2.67. The van der Waals surface area contributed by atoms with Crippen LogP contribution in [0.3, 0.4) is 0 Å². The Morgan fingerprint density at radius 2 is 2.12 bits per heavy atom. The van der Waals surface area contributed by atoms with Crippen LogP contribution in [0, 0.1) is 3.57 Å². The van der Waals surface area contributed by atoms with Crippen LogP contribution in [0.5, 0.6) is 0 Å². The Morgan fingerprint density at radius 1 is 1.35 bits per heavy atom. The Kier molecular flexibility index (Phi) is 4.88. The van der Waals surface area contributed by atoms with Crippen LogP contribution in [-0.4, -0.2) is 5.11 Å². The van der Waals surface area contributed by atoms with Crippen molar-refractivity contribution in [2.24, 2.45) is 0 Å². The van der Waals surface area contributed by atoms with E-state index in [1.54, 1.807) is 0 Å². The predicted molar refractivity (Wildman–Crippen MR) is 84.9 cm³/mol. The summed E-state index contributed by atoms with van der Waals surface area (Å²) in [5.74, 6) is 0. The van der Waals surface area contributed by atoms with Crippen molar-refractivity contribution in [2.75, 3.05) is 0 Å². The fourth-order valence-corrected chi connectivity index (χ4v) is 3.68. The number of hydrogen-bond donors (Lipinski definition) is 1. The lowest BCUT2D eigenvalue weighted by Gasteiger charge is -2.12. The minimum atomic E-state index is -0.506. The Bertz CT molecular complexity index is 529. The summed E-state index contributed by atoms with van der Waals surface area (Å²) in [5, 5.41) is 10.2. The molecule has 2 aromatic rings. The molecule has 0 fully saturated rings. The molecule has 1 heterocycles. The van der Waals surface area contributed by atoms with Crippen molar-refractivity contribution in [1.82, 2.24) is 0 Å². The predicted octanol–water partition coefficient (Wildman–Crippen LogP) is 5.04. The second-order valence-corrected chi connectivity index (χ2v) is 7.49. The van der Waals surface area contributed by atoms with Gasteiger partial charge in [0.2, 0.25) is 0 Å². The number of aliphatic hydroxyl groups is 1. The highest BCUT2D eigenvalue weighted by Gasteiger charge is 2.13. The first-order valence-electron chi connectivity index (χ1n) is 4.93. The van der Waals surface area contributed by atoms with Crippen LogP contribution in [0.2, 0.25) is 4.34 Å². The molecule has 0 aliphatic heterocycles. The first kappa shape index (κ1) is 13.8. The van der Waals surface area contributed by atoms with E-state index in [9.17, 15) is 5.11 Å². The third-order valence-corrected chi connectivity index (χ3v) is 4.99. The maximum absolute atomic E-state index is 10.2. The zero-order valence-electron chi connectivity index (χ0n) is 8.66. The van der Waals surface area contributed by atoms with Crippen LogP contribution in [0.25, 0.3) is 0 Å². The van der Waals surface area contributed by atoms with E-state index in [-0.39, 0.29) is 0 Å². The zero-order valence-corrected chi connectivity index (χ0v) is 14.0. The van der Waals surface area contributed by atoms with Crippen LogP contribution >= 0.6 is 61.5 Å². The van der Waals surface area contributed by atoms with Crippen LogP contribution < -0.4 is 0 Å². The van der Waals surface area contributed by atoms with Crippen LogP contribution in [0.4, 0.5) is 0 Å². The number of benzene rings is 1. The quantitative estimate of drug-likeness (QED) is 0.659. The summed E-state index contributed by atoms with van der Waals surface area (Å²) in [4.78, 5) is 1.09. The van der Waals surface area contributed by atoms with Gasteiger partial charge in [0.25, 0.3) is 0 Å².